The number of anilines is 3. The summed E-state index contributed by atoms with van der Waals surface area (Å²) in [5.74, 6) is -0.379. The Kier molecular flexibility index (Phi) is 9.72. The number of nitriles is 1. The van der Waals surface area contributed by atoms with Gasteiger partial charge in [0.25, 0.3) is 5.70 Å². The number of benzene rings is 3. The largest absolute Gasteiger partial charge is 0.328 e. The molecule has 0 atom stereocenters. The molecule has 1 amide bonds. The van der Waals surface area contributed by atoms with Crippen molar-refractivity contribution in [2.45, 2.75) is 19.8 Å². The molecule has 0 bridgehead atoms. The summed E-state index contributed by atoms with van der Waals surface area (Å²) in [6.45, 7) is 17.4. The second kappa shape index (κ2) is 14.4. The van der Waals surface area contributed by atoms with Gasteiger partial charge in [0.1, 0.15) is 10.0 Å². The number of amides is 1. The molecule has 3 aromatic carbocycles. The number of carbonyl (C=O) groups excluding carboxylic acids is 1. The van der Waals surface area contributed by atoms with E-state index in [0.717, 1.165) is 33.4 Å². The third-order valence-electron chi connectivity index (χ3n) is 6.94. The van der Waals surface area contributed by atoms with E-state index in [-0.39, 0.29) is 28.6 Å². The van der Waals surface area contributed by atoms with E-state index in [0.29, 0.717) is 18.7 Å². The molecule has 0 saturated carbocycles. The maximum atomic E-state index is 13.2. The summed E-state index contributed by atoms with van der Waals surface area (Å²) in [7, 11) is 0. The Morgan fingerprint density at radius 1 is 0.933 bits per heavy atom. The van der Waals surface area contributed by atoms with Gasteiger partial charge >= 0.3 is 0 Å². The molecule has 0 aliphatic carbocycles. The maximum Gasteiger partial charge on any atom is 0.274 e. The lowest BCUT2D eigenvalue weighted by molar-refractivity contribution is -0.124. The number of thiophene rings is 1. The van der Waals surface area contributed by atoms with Crippen molar-refractivity contribution in [1.29, 1.82) is 5.26 Å². The Bertz CT molecular complexity index is 1880. The van der Waals surface area contributed by atoms with Gasteiger partial charge in [0.15, 0.2) is 0 Å². The van der Waals surface area contributed by atoms with Gasteiger partial charge in [-0.05, 0) is 60.5 Å². The van der Waals surface area contributed by atoms with Crippen molar-refractivity contribution in [2.24, 2.45) is 10.2 Å². The van der Waals surface area contributed by atoms with Crippen LogP contribution in [0.4, 0.5) is 27.1 Å². The number of azo groups is 1. The molecule has 8 nitrogen and oxygen atoms in total. The van der Waals surface area contributed by atoms with Gasteiger partial charge in [0.05, 0.1) is 30.6 Å². The van der Waals surface area contributed by atoms with Crippen LogP contribution in [0.15, 0.2) is 136 Å². The third kappa shape index (κ3) is 6.78. The van der Waals surface area contributed by atoms with Crippen molar-refractivity contribution >= 4 is 50.4 Å². The molecule has 9 heteroatoms. The summed E-state index contributed by atoms with van der Waals surface area (Å²) >= 11 is 1.53. The number of rotatable bonds is 10. The number of nitrogens with zero attached hydrogens (tertiary/aromatic N) is 7. The van der Waals surface area contributed by atoms with Gasteiger partial charge in [-0.1, -0.05) is 85.4 Å². The maximum absolute atomic E-state index is 13.2. The Morgan fingerprint density at radius 2 is 1.60 bits per heavy atom. The minimum atomic E-state index is -0.379. The fourth-order valence-corrected chi connectivity index (χ4v) is 5.63. The minimum absolute atomic E-state index is 0.0266. The van der Waals surface area contributed by atoms with E-state index in [4.69, 9.17) is 13.1 Å². The summed E-state index contributed by atoms with van der Waals surface area (Å²) < 4.78 is 0. The predicted octanol–water partition coefficient (Wildman–Crippen LogP) is 10.1. The fourth-order valence-electron chi connectivity index (χ4n) is 4.76. The lowest BCUT2D eigenvalue weighted by Crippen LogP contribution is -2.27. The van der Waals surface area contributed by atoms with E-state index >= 15 is 0 Å². The highest BCUT2D eigenvalue weighted by molar-refractivity contribution is 7.19. The molecular weight excluding hydrogens is 579 g/mol. The van der Waals surface area contributed by atoms with Crippen LogP contribution in [0.25, 0.3) is 15.8 Å². The fraction of sp³-hybridized carbons (Fsp3) is 0.111. The number of hydrogen-bond donors (Lipinski definition) is 0. The number of unbranched alkanes of at least 4 members (excludes halogenated alkanes) is 1. The standard InChI is InChI=1S/C36H27N7OS/c1-4-5-24-42-35(31(25-37)38-2)34(39-3)30(36(42)44)21-18-26-16-19-27(20-17-26)40-41-32-22-23-33(45-32)43(28-12-8-6-9-13-28)29-14-10-7-11-15-29/h6-23H,4-5,24H2,1H3/b21-18+,35-31+,41-40?. The number of para-hydroxylation sites is 2. The quantitative estimate of drug-likeness (QED) is 0.102. The first-order valence-electron chi connectivity index (χ1n) is 14.2. The van der Waals surface area contributed by atoms with Gasteiger partial charge in [-0.3, -0.25) is 4.79 Å². The first kappa shape index (κ1) is 30.4. The van der Waals surface area contributed by atoms with Gasteiger partial charge in [0, 0.05) is 23.5 Å². The van der Waals surface area contributed by atoms with Crippen molar-refractivity contribution < 1.29 is 4.79 Å². The van der Waals surface area contributed by atoms with Crippen LogP contribution in [-0.4, -0.2) is 17.4 Å². The predicted molar refractivity (Wildman–Crippen MR) is 178 cm³/mol. The molecule has 1 aromatic heterocycles. The highest BCUT2D eigenvalue weighted by Gasteiger charge is 2.36. The number of allylic oxidation sites excluding steroid dienone is 1. The van der Waals surface area contributed by atoms with Crippen molar-refractivity contribution in [1.82, 2.24) is 4.90 Å². The lowest BCUT2D eigenvalue weighted by atomic mass is 10.1. The van der Waals surface area contributed by atoms with E-state index < -0.39 is 0 Å². The van der Waals surface area contributed by atoms with E-state index in [2.05, 4.69) is 49.1 Å². The molecule has 0 fully saturated rings. The second-order valence-corrected chi connectivity index (χ2v) is 10.9. The zero-order valence-electron chi connectivity index (χ0n) is 24.5. The van der Waals surface area contributed by atoms with Gasteiger partial charge < -0.3 is 9.80 Å². The van der Waals surface area contributed by atoms with Crippen LogP contribution < -0.4 is 4.90 Å². The summed E-state index contributed by atoms with van der Waals surface area (Å²) in [4.78, 5) is 23.6. The van der Waals surface area contributed by atoms with Crippen molar-refractivity contribution in [2.75, 3.05) is 11.4 Å². The van der Waals surface area contributed by atoms with Crippen molar-refractivity contribution in [3.05, 3.63) is 154 Å². The van der Waals surface area contributed by atoms with Crippen LogP contribution in [0.5, 0.6) is 0 Å². The smallest absolute Gasteiger partial charge is 0.274 e. The molecule has 1 aliphatic heterocycles. The van der Waals surface area contributed by atoms with Crippen LogP contribution in [0.3, 0.4) is 0 Å². The topological polar surface area (TPSA) is 80.8 Å². The summed E-state index contributed by atoms with van der Waals surface area (Å²) in [5, 5.41) is 20.1. The molecule has 4 aromatic rings. The molecule has 218 valence electrons. The van der Waals surface area contributed by atoms with Crippen LogP contribution in [0.1, 0.15) is 25.3 Å². The highest BCUT2D eigenvalue weighted by atomic mass is 32.1. The van der Waals surface area contributed by atoms with Crippen LogP contribution in [0, 0.1) is 24.5 Å². The van der Waals surface area contributed by atoms with Crippen LogP contribution in [0.2, 0.25) is 0 Å². The number of hydrogen-bond acceptors (Lipinski definition) is 6. The molecule has 0 unspecified atom stereocenters. The van der Waals surface area contributed by atoms with E-state index in [1.807, 2.05) is 85.8 Å². The molecule has 5 rings (SSSR count). The normalized spacial score (nSPS) is 14.1. The van der Waals surface area contributed by atoms with Crippen LogP contribution in [-0.2, 0) is 4.79 Å². The van der Waals surface area contributed by atoms with E-state index in [9.17, 15) is 10.1 Å². The Labute approximate surface area is 266 Å². The SMILES string of the molecule is [C-]#[N+]C1=C(/C=C/c2ccc(N=Nc3ccc(N(c4ccccc4)c4ccccc4)s3)cc2)C(=O)N(CCCC)/C1=C(\C#N)[N+]#[C-]. The summed E-state index contributed by atoms with van der Waals surface area (Å²) in [5.41, 5.74) is 3.60. The average molecular weight is 606 g/mol. The van der Waals surface area contributed by atoms with E-state index in [1.54, 1.807) is 12.2 Å². The molecule has 1 aliphatic rings. The zero-order chi connectivity index (χ0) is 31.6. The summed E-state index contributed by atoms with van der Waals surface area (Å²) in [6, 6.07) is 33.5. The number of carbonyl (C=O) groups is 1. The highest BCUT2D eigenvalue weighted by Crippen LogP contribution is 2.41. The van der Waals surface area contributed by atoms with Gasteiger partial charge in [0.2, 0.25) is 11.6 Å². The zero-order valence-corrected chi connectivity index (χ0v) is 25.3. The lowest BCUT2D eigenvalue weighted by Gasteiger charge is -2.23. The van der Waals surface area contributed by atoms with Crippen molar-refractivity contribution in [3.8, 4) is 6.07 Å². The average Bonchev–Trinajstić information content (AvgIpc) is 3.65. The van der Waals surface area contributed by atoms with E-state index in [1.165, 1.54) is 16.2 Å². The Morgan fingerprint density at radius 3 is 2.18 bits per heavy atom. The molecule has 0 saturated heterocycles. The first-order chi connectivity index (χ1) is 22.1. The monoisotopic (exact) mass is 605 g/mol. The minimum Gasteiger partial charge on any atom is -0.328 e. The molecule has 2 heterocycles. The van der Waals surface area contributed by atoms with Crippen LogP contribution >= 0.6 is 11.3 Å². The van der Waals surface area contributed by atoms with Crippen molar-refractivity contribution in [3.63, 3.8) is 0 Å². The van der Waals surface area contributed by atoms with Gasteiger partial charge in [-0.15, -0.1) is 10.2 Å². The molecule has 0 spiro atoms. The Hall–Kier alpha value is -6.08. The molecular formula is C36H27N7OS. The second-order valence-electron chi connectivity index (χ2n) is 9.85. The molecule has 45 heavy (non-hydrogen) atoms. The molecule has 0 N–H and O–H groups in total. The summed E-state index contributed by atoms with van der Waals surface area (Å²) in [6.07, 6.45) is 4.83. The first-order valence-corrected chi connectivity index (χ1v) is 15.0. The van der Waals surface area contributed by atoms with Gasteiger partial charge in [-0.2, -0.15) is 0 Å². The Balaban J connectivity index is 1.34. The van der Waals surface area contributed by atoms with Gasteiger partial charge in [-0.25, -0.2) is 15.0 Å². The molecule has 0 radical (unpaired) electrons. The third-order valence-corrected chi connectivity index (χ3v) is 7.90.